The van der Waals surface area contributed by atoms with Crippen LogP contribution in [0.2, 0.25) is 0 Å². The molecule has 0 saturated heterocycles. The van der Waals surface area contributed by atoms with Crippen molar-refractivity contribution in [3.05, 3.63) is 16.9 Å². The topological polar surface area (TPSA) is 59.3 Å². The summed E-state index contributed by atoms with van der Waals surface area (Å²) in [6.07, 6.45) is 4.60. The van der Waals surface area contributed by atoms with Crippen LogP contribution in [0.4, 0.5) is 0 Å². The van der Waals surface area contributed by atoms with Gasteiger partial charge in [0, 0.05) is 6.04 Å². The van der Waals surface area contributed by atoms with Gasteiger partial charge in [0.2, 0.25) is 4.96 Å². The van der Waals surface area contributed by atoms with E-state index in [1.165, 1.54) is 24.2 Å². The maximum atomic E-state index is 12.2. The maximum absolute atomic E-state index is 12.2. The summed E-state index contributed by atoms with van der Waals surface area (Å²) >= 11 is 1.44. The van der Waals surface area contributed by atoms with Gasteiger partial charge in [-0.1, -0.05) is 24.2 Å². The SMILES string of the molecule is Cc1nc2scnn2c1C(=O)NC1CCCC1. The Labute approximate surface area is 103 Å². The van der Waals surface area contributed by atoms with Crippen LogP contribution in [0, 0.1) is 6.92 Å². The van der Waals surface area contributed by atoms with Crippen molar-refractivity contribution in [2.45, 2.75) is 38.6 Å². The highest BCUT2D eigenvalue weighted by Gasteiger charge is 2.22. The Kier molecular flexibility index (Phi) is 2.58. The second-order valence-corrected chi connectivity index (χ2v) is 5.25. The summed E-state index contributed by atoms with van der Waals surface area (Å²) in [5.41, 5.74) is 3.03. The summed E-state index contributed by atoms with van der Waals surface area (Å²) in [7, 11) is 0. The van der Waals surface area contributed by atoms with Crippen molar-refractivity contribution in [3.63, 3.8) is 0 Å². The first-order valence-corrected chi connectivity index (χ1v) is 6.73. The van der Waals surface area contributed by atoms with Crippen molar-refractivity contribution < 1.29 is 4.79 Å². The van der Waals surface area contributed by atoms with Gasteiger partial charge in [-0.3, -0.25) is 4.79 Å². The van der Waals surface area contributed by atoms with E-state index < -0.39 is 0 Å². The van der Waals surface area contributed by atoms with Crippen LogP contribution in [0.25, 0.3) is 4.96 Å². The van der Waals surface area contributed by atoms with Gasteiger partial charge in [-0.2, -0.15) is 9.61 Å². The van der Waals surface area contributed by atoms with Crippen LogP contribution in [0.5, 0.6) is 0 Å². The van der Waals surface area contributed by atoms with E-state index in [4.69, 9.17) is 0 Å². The van der Waals surface area contributed by atoms with Gasteiger partial charge in [-0.25, -0.2) is 4.98 Å². The summed E-state index contributed by atoms with van der Waals surface area (Å²) < 4.78 is 1.63. The minimum absolute atomic E-state index is 0.0483. The molecule has 2 aromatic heterocycles. The molecule has 17 heavy (non-hydrogen) atoms. The predicted molar refractivity (Wildman–Crippen MR) is 65.3 cm³/mol. The van der Waals surface area contributed by atoms with E-state index in [1.54, 1.807) is 10.0 Å². The van der Waals surface area contributed by atoms with Gasteiger partial charge < -0.3 is 5.32 Å². The number of aromatic nitrogens is 3. The summed E-state index contributed by atoms with van der Waals surface area (Å²) in [4.78, 5) is 17.3. The molecule has 1 fully saturated rings. The molecule has 1 aliphatic carbocycles. The maximum Gasteiger partial charge on any atom is 0.272 e. The number of hydrogen-bond donors (Lipinski definition) is 1. The van der Waals surface area contributed by atoms with E-state index >= 15 is 0 Å². The molecule has 1 saturated carbocycles. The molecule has 1 amide bonds. The highest BCUT2D eigenvalue weighted by molar-refractivity contribution is 7.14. The second kappa shape index (κ2) is 4.10. The van der Waals surface area contributed by atoms with Crippen LogP contribution < -0.4 is 5.32 Å². The lowest BCUT2D eigenvalue weighted by Crippen LogP contribution is -2.33. The zero-order valence-electron chi connectivity index (χ0n) is 9.64. The van der Waals surface area contributed by atoms with Crippen molar-refractivity contribution in [1.82, 2.24) is 19.9 Å². The fourth-order valence-corrected chi connectivity index (χ4v) is 3.04. The normalized spacial score (nSPS) is 16.8. The molecule has 0 unspecified atom stereocenters. The lowest BCUT2D eigenvalue weighted by Gasteiger charge is -2.11. The average molecular weight is 250 g/mol. The standard InChI is InChI=1S/C11H14N4OS/c1-7-9(15-11(13-7)17-6-12-15)10(16)14-8-4-2-3-5-8/h6,8H,2-5H2,1H3,(H,14,16). The molecule has 0 spiro atoms. The first-order chi connectivity index (χ1) is 8.25. The Bertz CT molecular complexity index is 553. The average Bonchev–Trinajstić information content (AvgIpc) is 2.93. The van der Waals surface area contributed by atoms with Crippen molar-refractivity contribution in [2.24, 2.45) is 0 Å². The van der Waals surface area contributed by atoms with E-state index in [0.717, 1.165) is 23.5 Å². The molecule has 0 atom stereocenters. The largest absolute Gasteiger partial charge is 0.348 e. The zero-order chi connectivity index (χ0) is 11.8. The van der Waals surface area contributed by atoms with E-state index in [2.05, 4.69) is 15.4 Å². The summed E-state index contributed by atoms with van der Waals surface area (Å²) in [5.74, 6) is -0.0483. The van der Waals surface area contributed by atoms with E-state index in [1.807, 2.05) is 6.92 Å². The molecule has 2 aromatic rings. The molecule has 0 bridgehead atoms. The number of carbonyl (C=O) groups excluding carboxylic acids is 1. The van der Waals surface area contributed by atoms with Crippen LogP contribution in [0.1, 0.15) is 41.9 Å². The number of amides is 1. The molecule has 3 rings (SSSR count). The van der Waals surface area contributed by atoms with Crippen molar-refractivity contribution in [3.8, 4) is 0 Å². The fourth-order valence-electron chi connectivity index (χ4n) is 2.38. The zero-order valence-corrected chi connectivity index (χ0v) is 10.5. The minimum atomic E-state index is -0.0483. The number of aryl methyl sites for hydroxylation is 1. The van der Waals surface area contributed by atoms with Crippen LogP contribution in [-0.2, 0) is 0 Å². The summed E-state index contributed by atoms with van der Waals surface area (Å²) in [6.45, 7) is 1.85. The molecule has 2 heterocycles. The van der Waals surface area contributed by atoms with E-state index in [-0.39, 0.29) is 5.91 Å². The monoisotopic (exact) mass is 250 g/mol. The third-order valence-corrected chi connectivity index (χ3v) is 3.90. The Morgan fingerprint density at radius 1 is 1.53 bits per heavy atom. The molecule has 1 N–H and O–H groups in total. The number of hydrogen-bond acceptors (Lipinski definition) is 4. The predicted octanol–water partition coefficient (Wildman–Crippen LogP) is 1.77. The van der Waals surface area contributed by atoms with Crippen molar-refractivity contribution >= 4 is 22.2 Å². The Hall–Kier alpha value is -1.43. The van der Waals surface area contributed by atoms with Gasteiger partial charge in [0.1, 0.15) is 5.51 Å². The Morgan fingerprint density at radius 2 is 2.29 bits per heavy atom. The van der Waals surface area contributed by atoms with Crippen LogP contribution in [-0.4, -0.2) is 26.5 Å². The van der Waals surface area contributed by atoms with Gasteiger partial charge in [-0.05, 0) is 19.8 Å². The molecule has 0 aliphatic heterocycles. The van der Waals surface area contributed by atoms with Crippen LogP contribution in [0.15, 0.2) is 5.51 Å². The number of nitrogens with one attached hydrogen (secondary N) is 1. The lowest BCUT2D eigenvalue weighted by atomic mass is 10.2. The van der Waals surface area contributed by atoms with Gasteiger partial charge in [0.25, 0.3) is 5.91 Å². The molecule has 6 heteroatoms. The summed E-state index contributed by atoms with van der Waals surface area (Å²) in [5, 5.41) is 7.22. The highest BCUT2D eigenvalue weighted by atomic mass is 32.1. The quantitative estimate of drug-likeness (QED) is 0.883. The van der Waals surface area contributed by atoms with Crippen molar-refractivity contribution in [2.75, 3.05) is 0 Å². The second-order valence-electron chi connectivity index (χ2n) is 4.43. The van der Waals surface area contributed by atoms with E-state index in [0.29, 0.717) is 11.7 Å². The number of rotatable bonds is 2. The third kappa shape index (κ3) is 1.82. The number of fused-ring (bicyclic) bond motifs is 1. The molecular formula is C11H14N4OS. The molecule has 0 aromatic carbocycles. The van der Waals surface area contributed by atoms with Gasteiger partial charge in [-0.15, -0.1) is 0 Å². The highest BCUT2D eigenvalue weighted by Crippen LogP contribution is 2.19. The molecule has 90 valence electrons. The number of nitrogens with zero attached hydrogens (tertiary/aromatic N) is 3. The molecule has 5 nitrogen and oxygen atoms in total. The first-order valence-electron chi connectivity index (χ1n) is 5.85. The molecule has 0 radical (unpaired) electrons. The summed E-state index contributed by atoms with van der Waals surface area (Å²) in [6, 6.07) is 0.325. The lowest BCUT2D eigenvalue weighted by molar-refractivity contribution is 0.0930. The van der Waals surface area contributed by atoms with Gasteiger partial charge >= 0.3 is 0 Å². The molecule has 1 aliphatic rings. The van der Waals surface area contributed by atoms with Crippen molar-refractivity contribution in [1.29, 1.82) is 0 Å². The molecular weight excluding hydrogens is 236 g/mol. The Morgan fingerprint density at radius 3 is 3.06 bits per heavy atom. The van der Waals surface area contributed by atoms with Crippen LogP contribution >= 0.6 is 11.3 Å². The van der Waals surface area contributed by atoms with Gasteiger partial charge in [0.15, 0.2) is 5.69 Å². The van der Waals surface area contributed by atoms with E-state index in [9.17, 15) is 4.79 Å². The fraction of sp³-hybridized carbons (Fsp3) is 0.545. The Balaban J connectivity index is 1.88. The number of carbonyl (C=O) groups is 1. The van der Waals surface area contributed by atoms with Crippen LogP contribution in [0.3, 0.4) is 0 Å². The number of imidazole rings is 1. The third-order valence-electron chi connectivity index (χ3n) is 3.23. The minimum Gasteiger partial charge on any atom is -0.348 e. The first kappa shape index (κ1) is 10.7. The van der Waals surface area contributed by atoms with Gasteiger partial charge in [0.05, 0.1) is 5.69 Å². The smallest absolute Gasteiger partial charge is 0.272 e.